The number of anilines is 2. The summed E-state index contributed by atoms with van der Waals surface area (Å²) in [5, 5.41) is 14.2. The van der Waals surface area contributed by atoms with Crippen molar-refractivity contribution in [1.29, 1.82) is 0 Å². The zero-order valence-electron chi connectivity index (χ0n) is 14.2. The van der Waals surface area contributed by atoms with Gasteiger partial charge >= 0.3 is 0 Å². The molecule has 0 aliphatic rings. The number of non-ortho nitro benzene ring substituents is 1. The normalized spacial score (nSPS) is 11.7. The lowest BCUT2D eigenvalue weighted by atomic mass is 9.87. The predicted molar refractivity (Wildman–Crippen MR) is 95.8 cm³/mol. The molecule has 0 amide bonds. The second kappa shape index (κ2) is 5.63. The highest BCUT2D eigenvalue weighted by Crippen LogP contribution is 2.27. The van der Waals surface area contributed by atoms with Crippen LogP contribution in [0.4, 0.5) is 17.3 Å². The molecule has 0 saturated heterocycles. The maximum atomic E-state index is 10.9. The third-order valence-electron chi connectivity index (χ3n) is 4.08. The molecule has 0 saturated carbocycles. The van der Waals surface area contributed by atoms with Crippen molar-refractivity contribution in [3.8, 4) is 0 Å². The van der Waals surface area contributed by atoms with Crippen LogP contribution in [0.15, 0.2) is 42.5 Å². The number of nitro groups is 1. The summed E-state index contributed by atoms with van der Waals surface area (Å²) >= 11 is 0. The average molecular weight is 324 g/mol. The van der Waals surface area contributed by atoms with E-state index in [1.807, 2.05) is 23.7 Å². The van der Waals surface area contributed by atoms with Gasteiger partial charge < -0.3 is 9.88 Å². The molecule has 124 valence electrons. The molecule has 0 bridgehead atoms. The summed E-state index contributed by atoms with van der Waals surface area (Å²) in [6.45, 7) is 6.52. The molecule has 1 aromatic heterocycles. The molecule has 3 aromatic rings. The number of benzene rings is 2. The van der Waals surface area contributed by atoms with Gasteiger partial charge in [-0.25, -0.2) is 4.98 Å². The number of hydrogen-bond donors (Lipinski definition) is 1. The number of hydrogen-bond acceptors (Lipinski definition) is 4. The zero-order valence-corrected chi connectivity index (χ0v) is 14.2. The van der Waals surface area contributed by atoms with Crippen molar-refractivity contribution in [2.45, 2.75) is 26.2 Å². The first kappa shape index (κ1) is 16.0. The number of aromatic nitrogens is 2. The van der Waals surface area contributed by atoms with Crippen LogP contribution < -0.4 is 5.32 Å². The smallest absolute Gasteiger partial charge is 0.271 e. The molecule has 6 heteroatoms. The first-order valence-electron chi connectivity index (χ1n) is 7.74. The minimum atomic E-state index is -0.410. The molecular formula is C18H20N4O2. The van der Waals surface area contributed by atoms with Crippen LogP contribution in [-0.4, -0.2) is 14.5 Å². The minimum absolute atomic E-state index is 0.0432. The van der Waals surface area contributed by atoms with Crippen molar-refractivity contribution >= 4 is 28.4 Å². The lowest BCUT2D eigenvalue weighted by molar-refractivity contribution is -0.384. The number of nitrogens with zero attached hydrogens (tertiary/aromatic N) is 3. The molecule has 2 aromatic carbocycles. The first-order chi connectivity index (χ1) is 11.3. The third kappa shape index (κ3) is 2.95. The van der Waals surface area contributed by atoms with Crippen molar-refractivity contribution in [1.82, 2.24) is 9.55 Å². The third-order valence-corrected chi connectivity index (χ3v) is 4.08. The lowest BCUT2D eigenvalue weighted by Gasteiger charge is -2.19. The number of rotatable bonds is 3. The topological polar surface area (TPSA) is 73.0 Å². The van der Waals surface area contributed by atoms with E-state index in [0.717, 1.165) is 11.2 Å². The van der Waals surface area contributed by atoms with Gasteiger partial charge in [-0.05, 0) is 29.2 Å². The number of imidazole rings is 1. The van der Waals surface area contributed by atoms with Gasteiger partial charge in [0.15, 0.2) is 0 Å². The molecule has 3 rings (SSSR count). The van der Waals surface area contributed by atoms with Gasteiger partial charge in [-0.1, -0.05) is 32.9 Å². The van der Waals surface area contributed by atoms with Gasteiger partial charge in [0.2, 0.25) is 5.95 Å². The largest absolute Gasteiger partial charge is 0.326 e. The first-order valence-corrected chi connectivity index (χ1v) is 7.74. The Bertz CT molecular complexity index is 905. The van der Waals surface area contributed by atoms with E-state index in [1.54, 1.807) is 6.07 Å². The summed E-state index contributed by atoms with van der Waals surface area (Å²) in [5.41, 5.74) is 3.77. The lowest BCUT2D eigenvalue weighted by Crippen LogP contribution is -2.10. The quantitative estimate of drug-likeness (QED) is 0.568. The van der Waals surface area contributed by atoms with Gasteiger partial charge in [0.05, 0.1) is 16.0 Å². The highest BCUT2D eigenvalue weighted by atomic mass is 16.6. The maximum Gasteiger partial charge on any atom is 0.271 e. The van der Waals surface area contributed by atoms with Gasteiger partial charge in [0.25, 0.3) is 5.69 Å². The Hall–Kier alpha value is -2.89. The van der Waals surface area contributed by atoms with Gasteiger partial charge in [-0.2, -0.15) is 0 Å². The fourth-order valence-corrected chi connectivity index (χ4v) is 2.60. The summed E-state index contributed by atoms with van der Waals surface area (Å²) < 4.78 is 1.89. The Morgan fingerprint density at radius 3 is 2.38 bits per heavy atom. The van der Waals surface area contributed by atoms with E-state index < -0.39 is 4.92 Å². The van der Waals surface area contributed by atoms with Crippen molar-refractivity contribution in [2.24, 2.45) is 7.05 Å². The van der Waals surface area contributed by atoms with Crippen LogP contribution >= 0.6 is 0 Å². The Labute approximate surface area is 140 Å². The SMILES string of the molecule is Cn1c(Nc2ccc(C(C)(C)C)cc2)nc2cc([N+](=O)[O-])ccc21. The Morgan fingerprint density at radius 2 is 1.79 bits per heavy atom. The fraction of sp³-hybridized carbons (Fsp3) is 0.278. The second-order valence-corrected chi connectivity index (χ2v) is 6.88. The summed E-state index contributed by atoms with van der Waals surface area (Å²) in [4.78, 5) is 15.0. The zero-order chi connectivity index (χ0) is 17.5. The summed E-state index contributed by atoms with van der Waals surface area (Å²) in [6.07, 6.45) is 0. The van der Waals surface area contributed by atoms with Crippen LogP contribution in [0.2, 0.25) is 0 Å². The molecule has 1 heterocycles. The molecule has 0 atom stereocenters. The van der Waals surface area contributed by atoms with Gasteiger partial charge in [0, 0.05) is 24.9 Å². The van der Waals surface area contributed by atoms with E-state index in [9.17, 15) is 10.1 Å². The van der Waals surface area contributed by atoms with Crippen LogP contribution in [0.5, 0.6) is 0 Å². The van der Waals surface area contributed by atoms with Gasteiger partial charge in [-0.15, -0.1) is 0 Å². The number of aryl methyl sites for hydroxylation is 1. The predicted octanol–water partition coefficient (Wildman–Crippen LogP) is 4.52. The van der Waals surface area contributed by atoms with E-state index in [2.05, 4.69) is 43.2 Å². The van der Waals surface area contributed by atoms with Crippen LogP contribution in [0.3, 0.4) is 0 Å². The molecular weight excluding hydrogens is 304 g/mol. The van der Waals surface area contributed by atoms with Crippen LogP contribution in [0, 0.1) is 10.1 Å². The Morgan fingerprint density at radius 1 is 1.12 bits per heavy atom. The van der Waals surface area contributed by atoms with Crippen molar-refractivity contribution in [3.63, 3.8) is 0 Å². The number of fused-ring (bicyclic) bond motifs is 1. The van der Waals surface area contributed by atoms with Crippen molar-refractivity contribution < 1.29 is 4.92 Å². The van der Waals surface area contributed by atoms with Gasteiger partial charge in [-0.3, -0.25) is 10.1 Å². The molecule has 6 nitrogen and oxygen atoms in total. The maximum absolute atomic E-state index is 10.9. The molecule has 24 heavy (non-hydrogen) atoms. The van der Waals surface area contributed by atoms with E-state index in [4.69, 9.17) is 0 Å². The molecule has 0 fully saturated rings. The van der Waals surface area contributed by atoms with E-state index in [-0.39, 0.29) is 11.1 Å². The highest BCUT2D eigenvalue weighted by molar-refractivity contribution is 5.81. The number of nitro benzene ring substituents is 1. The Kier molecular flexibility index (Phi) is 3.75. The molecule has 0 unspecified atom stereocenters. The summed E-state index contributed by atoms with van der Waals surface area (Å²) in [7, 11) is 1.88. The summed E-state index contributed by atoms with van der Waals surface area (Å²) in [6, 6.07) is 12.9. The van der Waals surface area contributed by atoms with E-state index >= 15 is 0 Å². The van der Waals surface area contributed by atoms with Crippen LogP contribution in [0.1, 0.15) is 26.3 Å². The van der Waals surface area contributed by atoms with Gasteiger partial charge in [0.1, 0.15) is 0 Å². The Balaban J connectivity index is 1.92. The van der Waals surface area contributed by atoms with E-state index in [0.29, 0.717) is 11.5 Å². The van der Waals surface area contributed by atoms with Crippen molar-refractivity contribution in [2.75, 3.05) is 5.32 Å². The monoisotopic (exact) mass is 324 g/mol. The van der Waals surface area contributed by atoms with Crippen LogP contribution in [-0.2, 0) is 12.5 Å². The standard InChI is InChI=1S/C18H20N4O2/c1-18(2,3)12-5-7-13(8-6-12)19-17-20-15-11-14(22(23)24)9-10-16(15)21(17)4/h5-11H,1-4H3,(H,19,20). The molecule has 0 aliphatic heterocycles. The summed E-state index contributed by atoms with van der Waals surface area (Å²) in [5.74, 6) is 0.647. The minimum Gasteiger partial charge on any atom is -0.326 e. The highest BCUT2D eigenvalue weighted by Gasteiger charge is 2.14. The second-order valence-electron chi connectivity index (χ2n) is 6.88. The fourth-order valence-electron chi connectivity index (χ4n) is 2.60. The van der Waals surface area contributed by atoms with E-state index in [1.165, 1.54) is 17.7 Å². The molecule has 0 aliphatic carbocycles. The molecule has 1 N–H and O–H groups in total. The molecule has 0 radical (unpaired) electrons. The van der Waals surface area contributed by atoms with Crippen molar-refractivity contribution in [3.05, 3.63) is 58.1 Å². The number of nitrogens with one attached hydrogen (secondary N) is 1. The average Bonchev–Trinajstić information content (AvgIpc) is 2.82. The molecule has 0 spiro atoms. The van der Waals surface area contributed by atoms with Crippen LogP contribution in [0.25, 0.3) is 11.0 Å².